The van der Waals surface area contributed by atoms with E-state index in [1.165, 1.54) is 24.2 Å². The van der Waals surface area contributed by atoms with E-state index in [0.29, 0.717) is 0 Å². The van der Waals surface area contributed by atoms with E-state index < -0.39 is 16.5 Å². The van der Waals surface area contributed by atoms with Crippen LogP contribution in [-0.4, -0.2) is 16.5 Å². The quantitative estimate of drug-likeness (QED) is 0.667. The zero-order chi connectivity index (χ0) is 10.5. The fourth-order valence-corrected chi connectivity index (χ4v) is 11.2. The Kier molecular flexibility index (Phi) is 5.48. The monoisotopic (exact) mass is 217 g/mol. The Balaban J connectivity index is 4.36. The van der Waals surface area contributed by atoms with Gasteiger partial charge in [0.15, 0.2) is 0 Å². The first kappa shape index (κ1) is 13.4. The van der Waals surface area contributed by atoms with Gasteiger partial charge in [-0.3, -0.25) is 0 Å². The Labute approximate surface area is 86.5 Å². The van der Waals surface area contributed by atoms with Gasteiger partial charge in [-0.25, -0.2) is 0 Å². The third-order valence-electron chi connectivity index (χ3n) is 3.72. The summed E-state index contributed by atoms with van der Waals surface area (Å²) in [6, 6.07) is 5.52. The van der Waals surface area contributed by atoms with Crippen LogP contribution in [0.25, 0.3) is 0 Å². The topological polar surface area (TPSA) is 12.0 Å². The van der Waals surface area contributed by atoms with Crippen LogP contribution in [0.5, 0.6) is 0 Å². The Hall–Kier alpha value is 0.394. The van der Waals surface area contributed by atoms with Crippen LogP contribution in [0.3, 0.4) is 0 Å². The van der Waals surface area contributed by atoms with Crippen LogP contribution in [0.15, 0.2) is 0 Å². The lowest BCUT2D eigenvalue weighted by Gasteiger charge is -2.37. The molecule has 3 heteroatoms. The standard InChI is InChI=1S/C10H27NSi2/c1-7-12(5,8-2)11-13(6,9-3)10-4/h11H,7-10H2,1-6H3. The highest BCUT2D eigenvalue weighted by atomic mass is 28.4. The van der Waals surface area contributed by atoms with Crippen LogP contribution in [0.2, 0.25) is 37.3 Å². The number of nitrogens with one attached hydrogen (secondary N) is 1. The van der Waals surface area contributed by atoms with Gasteiger partial charge >= 0.3 is 0 Å². The highest BCUT2D eigenvalue weighted by Crippen LogP contribution is 2.19. The van der Waals surface area contributed by atoms with Gasteiger partial charge in [0.2, 0.25) is 0 Å². The zero-order valence-corrected chi connectivity index (χ0v) is 12.3. The number of rotatable bonds is 6. The summed E-state index contributed by atoms with van der Waals surface area (Å²) < 4.78 is 4.08. The minimum absolute atomic E-state index is 1.06. The van der Waals surface area contributed by atoms with Crippen molar-refractivity contribution in [2.45, 2.75) is 65.0 Å². The number of hydrogen-bond acceptors (Lipinski definition) is 1. The summed E-state index contributed by atoms with van der Waals surface area (Å²) in [6.07, 6.45) is 0. The summed E-state index contributed by atoms with van der Waals surface area (Å²) in [5.74, 6) is 0. The molecule has 13 heavy (non-hydrogen) atoms. The maximum atomic E-state index is 4.08. The molecule has 0 aliphatic heterocycles. The maximum Gasteiger partial charge on any atom is 0.115 e. The fourth-order valence-electron chi connectivity index (χ4n) is 1.58. The van der Waals surface area contributed by atoms with E-state index in [0.717, 1.165) is 0 Å². The van der Waals surface area contributed by atoms with E-state index in [4.69, 9.17) is 0 Å². The molecule has 0 bridgehead atoms. The van der Waals surface area contributed by atoms with Crippen LogP contribution in [0.4, 0.5) is 0 Å². The molecule has 0 aromatic heterocycles. The molecule has 0 spiro atoms. The van der Waals surface area contributed by atoms with Gasteiger partial charge in [-0.15, -0.1) is 0 Å². The van der Waals surface area contributed by atoms with Crippen molar-refractivity contribution in [3.63, 3.8) is 0 Å². The Morgan fingerprint density at radius 2 is 0.923 bits per heavy atom. The molecule has 80 valence electrons. The highest BCUT2D eigenvalue weighted by Gasteiger charge is 2.32. The Morgan fingerprint density at radius 3 is 1.08 bits per heavy atom. The van der Waals surface area contributed by atoms with Gasteiger partial charge < -0.3 is 4.65 Å². The molecule has 1 nitrogen and oxygen atoms in total. The van der Waals surface area contributed by atoms with E-state index in [9.17, 15) is 0 Å². The predicted molar refractivity (Wildman–Crippen MR) is 68.3 cm³/mol. The van der Waals surface area contributed by atoms with Crippen molar-refractivity contribution in [2.75, 3.05) is 0 Å². The van der Waals surface area contributed by atoms with Gasteiger partial charge in [-0.1, -0.05) is 40.8 Å². The average molecular weight is 218 g/mol. The van der Waals surface area contributed by atoms with Crippen LogP contribution >= 0.6 is 0 Å². The largest absolute Gasteiger partial charge is 0.359 e. The summed E-state index contributed by atoms with van der Waals surface area (Å²) in [5, 5.41) is 0. The first-order chi connectivity index (χ1) is 5.95. The molecule has 0 fully saturated rings. The van der Waals surface area contributed by atoms with E-state index in [1.807, 2.05) is 0 Å². The van der Waals surface area contributed by atoms with Crippen molar-refractivity contribution in [1.29, 1.82) is 0 Å². The highest BCUT2D eigenvalue weighted by molar-refractivity contribution is 6.92. The summed E-state index contributed by atoms with van der Waals surface area (Å²) >= 11 is 0. The normalized spacial score (nSPS) is 13.4. The minimum Gasteiger partial charge on any atom is -0.359 e. The second-order valence-corrected chi connectivity index (χ2v) is 14.7. The fraction of sp³-hybridized carbons (Fsp3) is 1.00. The Bertz CT molecular complexity index is 124. The maximum absolute atomic E-state index is 4.08. The molecule has 0 aromatic rings. The van der Waals surface area contributed by atoms with Crippen molar-refractivity contribution < 1.29 is 0 Å². The predicted octanol–water partition coefficient (Wildman–Crippen LogP) is 3.81. The van der Waals surface area contributed by atoms with Gasteiger partial charge in [0, 0.05) is 0 Å². The molecule has 1 N–H and O–H groups in total. The van der Waals surface area contributed by atoms with Crippen LogP contribution < -0.4 is 4.65 Å². The molecule has 0 aliphatic rings. The lowest BCUT2D eigenvalue weighted by molar-refractivity contribution is 1.09. The summed E-state index contributed by atoms with van der Waals surface area (Å²) in [4.78, 5) is 0. The molecule has 0 rings (SSSR count). The third kappa shape index (κ3) is 3.96. The Morgan fingerprint density at radius 1 is 0.692 bits per heavy atom. The minimum atomic E-state index is -1.06. The van der Waals surface area contributed by atoms with Crippen molar-refractivity contribution in [3.8, 4) is 0 Å². The molecule has 0 radical (unpaired) electrons. The van der Waals surface area contributed by atoms with E-state index in [-0.39, 0.29) is 0 Å². The lowest BCUT2D eigenvalue weighted by atomic mass is 10.9. The van der Waals surface area contributed by atoms with Crippen LogP contribution in [0, 0.1) is 0 Å². The molecule has 0 saturated heterocycles. The molecule has 0 heterocycles. The van der Waals surface area contributed by atoms with Crippen LogP contribution in [0.1, 0.15) is 27.7 Å². The molecule has 0 aromatic carbocycles. The molecule has 0 saturated carbocycles. The molecule has 0 aliphatic carbocycles. The zero-order valence-electron chi connectivity index (χ0n) is 10.3. The molecule has 0 atom stereocenters. The first-order valence-electron chi connectivity index (χ1n) is 5.74. The average Bonchev–Trinajstić information content (AvgIpc) is 2.17. The first-order valence-corrected chi connectivity index (χ1v) is 11.6. The van der Waals surface area contributed by atoms with Gasteiger partial charge in [-0.2, -0.15) is 0 Å². The van der Waals surface area contributed by atoms with Gasteiger partial charge in [0.1, 0.15) is 16.5 Å². The van der Waals surface area contributed by atoms with Crippen molar-refractivity contribution in [1.82, 2.24) is 4.65 Å². The smallest absolute Gasteiger partial charge is 0.115 e. The summed E-state index contributed by atoms with van der Waals surface area (Å²) in [7, 11) is -2.13. The molecule has 0 unspecified atom stereocenters. The van der Waals surface area contributed by atoms with E-state index in [2.05, 4.69) is 45.4 Å². The number of hydrogen-bond donors (Lipinski definition) is 1. The van der Waals surface area contributed by atoms with Crippen molar-refractivity contribution in [2.24, 2.45) is 0 Å². The van der Waals surface area contributed by atoms with Crippen molar-refractivity contribution in [3.05, 3.63) is 0 Å². The van der Waals surface area contributed by atoms with Crippen molar-refractivity contribution >= 4 is 16.5 Å². The third-order valence-corrected chi connectivity index (χ3v) is 14.8. The summed E-state index contributed by atoms with van der Waals surface area (Å²) in [5.41, 5.74) is 0. The lowest BCUT2D eigenvalue weighted by Crippen LogP contribution is -2.60. The van der Waals surface area contributed by atoms with Gasteiger partial charge in [0.25, 0.3) is 0 Å². The van der Waals surface area contributed by atoms with E-state index in [1.54, 1.807) is 0 Å². The van der Waals surface area contributed by atoms with E-state index >= 15 is 0 Å². The van der Waals surface area contributed by atoms with Gasteiger partial charge in [0.05, 0.1) is 0 Å². The van der Waals surface area contributed by atoms with Crippen LogP contribution in [-0.2, 0) is 0 Å². The van der Waals surface area contributed by atoms with Gasteiger partial charge in [-0.05, 0) is 24.2 Å². The molecule has 0 amide bonds. The molecular weight excluding hydrogens is 190 g/mol. The second kappa shape index (κ2) is 5.32. The second-order valence-electron chi connectivity index (χ2n) is 4.66. The summed E-state index contributed by atoms with van der Waals surface area (Å²) in [6.45, 7) is 14.4. The SMILES string of the molecule is CC[Si](C)(CC)N[Si](C)(CC)CC. The molecular formula is C10H27NSi2.